The normalized spacial score (nSPS) is 9.41. The van der Waals surface area contributed by atoms with Crippen LogP contribution in [0.2, 0.25) is 0 Å². The van der Waals surface area contributed by atoms with Crippen molar-refractivity contribution in [2.45, 2.75) is 20.8 Å². The van der Waals surface area contributed by atoms with Crippen molar-refractivity contribution in [1.29, 1.82) is 0 Å². The van der Waals surface area contributed by atoms with Crippen LogP contribution in [-0.4, -0.2) is 24.5 Å². The highest BCUT2D eigenvalue weighted by atomic mass is 16.5. The topological polar surface area (TPSA) is 51.2 Å². The van der Waals surface area contributed by atoms with Gasteiger partial charge in [-0.15, -0.1) is 0 Å². The van der Waals surface area contributed by atoms with Crippen LogP contribution in [0.4, 0.5) is 0 Å². The largest absolute Gasteiger partial charge is 0.495 e. The first kappa shape index (κ1) is 15.2. The van der Waals surface area contributed by atoms with Gasteiger partial charge in [0, 0.05) is 6.54 Å². The summed E-state index contributed by atoms with van der Waals surface area (Å²) >= 11 is 0. The quantitative estimate of drug-likeness (QED) is 0.817. The molecular formula is C13H20N2O2. The lowest BCUT2D eigenvalue weighted by atomic mass is 10.3. The molecule has 1 rings (SSSR count). The van der Waals surface area contributed by atoms with Gasteiger partial charge in [0.05, 0.1) is 13.3 Å². The molecule has 17 heavy (non-hydrogen) atoms. The number of nitrogens with one attached hydrogen (secondary N) is 1. The second kappa shape index (κ2) is 9.39. The lowest BCUT2D eigenvalue weighted by molar-refractivity contribution is 0.0953. The second-order valence-corrected chi connectivity index (χ2v) is 2.86. The maximum absolute atomic E-state index is 11.5. The molecule has 0 bridgehead atoms. The van der Waals surface area contributed by atoms with E-state index in [1.807, 2.05) is 32.9 Å². The molecule has 4 nitrogen and oxygen atoms in total. The summed E-state index contributed by atoms with van der Waals surface area (Å²) in [6, 6.07) is 3.33. The average molecular weight is 236 g/mol. The van der Waals surface area contributed by atoms with E-state index in [-0.39, 0.29) is 5.91 Å². The molecule has 94 valence electrons. The number of ether oxygens (including phenoxy) is 1. The maximum Gasteiger partial charge on any atom is 0.270 e. The number of carbonyl (C=O) groups excluding carboxylic acids is 1. The van der Waals surface area contributed by atoms with Crippen molar-refractivity contribution in [3.05, 3.63) is 36.2 Å². The zero-order valence-electron chi connectivity index (χ0n) is 10.9. The molecule has 0 saturated carbocycles. The summed E-state index contributed by atoms with van der Waals surface area (Å²) in [7, 11) is 1.56. The number of aromatic nitrogens is 1. The smallest absolute Gasteiger partial charge is 0.270 e. The maximum atomic E-state index is 11.5. The molecular weight excluding hydrogens is 216 g/mol. The van der Waals surface area contributed by atoms with Gasteiger partial charge in [-0.3, -0.25) is 4.79 Å². The molecule has 0 spiro atoms. The number of carbonyl (C=O) groups is 1. The van der Waals surface area contributed by atoms with Crippen molar-refractivity contribution in [2.75, 3.05) is 13.7 Å². The molecule has 0 atom stereocenters. The molecule has 0 aliphatic rings. The second-order valence-electron chi connectivity index (χ2n) is 2.86. The van der Waals surface area contributed by atoms with Gasteiger partial charge < -0.3 is 10.1 Å². The first-order valence-corrected chi connectivity index (χ1v) is 5.67. The van der Waals surface area contributed by atoms with Gasteiger partial charge in [0.15, 0.2) is 0 Å². The zero-order valence-corrected chi connectivity index (χ0v) is 10.9. The van der Waals surface area contributed by atoms with Crippen molar-refractivity contribution in [2.24, 2.45) is 0 Å². The van der Waals surface area contributed by atoms with Crippen LogP contribution in [0, 0.1) is 0 Å². The number of rotatable bonds is 4. The van der Waals surface area contributed by atoms with Crippen LogP contribution in [0.5, 0.6) is 5.75 Å². The van der Waals surface area contributed by atoms with Gasteiger partial charge in [-0.2, -0.15) is 0 Å². The van der Waals surface area contributed by atoms with Crippen molar-refractivity contribution in [3.8, 4) is 5.75 Å². The fourth-order valence-electron chi connectivity index (χ4n) is 0.995. The molecule has 0 aliphatic carbocycles. The molecule has 0 aromatic carbocycles. The van der Waals surface area contributed by atoms with Gasteiger partial charge in [-0.25, -0.2) is 4.98 Å². The summed E-state index contributed by atoms with van der Waals surface area (Å²) in [5, 5.41) is 2.71. The Labute approximate surface area is 103 Å². The van der Waals surface area contributed by atoms with Crippen LogP contribution in [0.1, 0.15) is 31.3 Å². The Bertz CT molecular complexity index is 345. The Morgan fingerprint density at radius 1 is 1.47 bits per heavy atom. The minimum absolute atomic E-state index is 0.184. The molecule has 1 amide bonds. The first-order chi connectivity index (χ1) is 8.27. The number of methoxy groups -OCH3 is 1. The standard InChI is InChI=1S/C11H14N2O2.C2H6/c1-3-4-7-12-11(14)10-6-5-9(15-2)8-13-10;1-2/h3-6,8H,7H2,1-2H3,(H,12,14);1-2H3/b4-3+;. The molecule has 0 saturated heterocycles. The molecule has 1 N–H and O–H groups in total. The average Bonchev–Trinajstić information content (AvgIpc) is 2.41. The summed E-state index contributed by atoms with van der Waals surface area (Å²) in [6.45, 7) is 6.42. The number of nitrogens with zero attached hydrogens (tertiary/aromatic N) is 1. The molecule has 0 aliphatic heterocycles. The Hall–Kier alpha value is -1.84. The predicted molar refractivity (Wildman–Crippen MR) is 69.3 cm³/mol. The van der Waals surface area contributed by atoms with Gasteiger partial charge in [-0.05, 0) is 19.1 Å². The van der Waals surface area contributed by atoms with E-state index in [0.717, 1.165) is 0 Å². The Morgan fingerprint density at radius 2 is 2.18 bits per heavy atom. The molecule has 0 unspecified atom stereocenters. The summed E-state index contributed by atoms with van der Waals surface area (Å²) in [5.41, 5.74) is 0.389. The third kappa shape index (κ3) is 5.70. The Balaban J connectivity index is 0.00000121. The lowest BCUT2D eigenvalue weighted by Gasteiger charge is -2.02. The molecule has 1 heterocycles. The molecule has 0 radical (unpaired) electrons. The van der Waals surface area contributed by atoms with Gasteiger partial charge in [0.2, 0.25) is 0 Å². The van der Waals surface area contributed by atoms with Crippen molar-refractivity contribution < 1.29 is 9.53 Å². The summed E-state index contributed by atoms with van der Waals surface area (Å²) in [4.78, 5) is 15.4. The van der Waals surface area contributed by atoms with E-state index in [2.05, 4.69) is 10.3 Å². The van der Waals surface area contributed by atoms with Crippen molar-refractivity contribution >= 4 is 5.91 Å². The molecule has 4 heteroatoms. The fourth-order valence-corrected chi connectivity index (χ4v) is 0.995. The first-order valence-electron chi connectivity index (χ1n) is 5.67. The van der Waals surface area contributed by atoms with Gasteiger partial charge in [0.25, 0.3) is 5.91 Å². The monoisotopic (exact) mass is 236 g/mol. The van der Waals surface area contributed by atoms with E-state index < -0.39 is 0 Å². The summed E-state index contributed by atoms with van der Waals surface area (Å²) in [5.74, 6) is 0.454. The van der Waals surface area contributed by atoms with Crippen LogP contribution >= 0.6 is 0 Å². The number of pyridine rings is 1. The Kier molecular flexibility index (Phi) is 8.37. The summed E-state index contributed by atoms with van der Waals surface area (Å²) in [6.07, 6.45) is 5.26. The van der Waals surface area contributed by atoms with E-state index in [1.165, 1.54) is 6.20 Å². The van der Waals surface area contributed by atoms with E-state index >= 15 is 0 Å². The van der Waals surface area contributed by atoms with E-state index in [9.17, 15) is 4.79 Å². The minimum Gasteiger partial charge on any atom is -0.495 e. The van der Waals surface area contributed by atoms with Crippen molar-refractivity contribution in [3.63, 3.8) is 0 Å². The highest BCUT2D eigenvalue weighted by Crippen LogP contribution is 2.07. The van der Waals surface area contributed by atoms with Crippen LogP contribution in [-0.2, 0) is 0 Å². The van der Waals surface area contributed by atoms with Crippen LogP contribution < -0.4 is 10.1 Å². The SMILES string of the molecule is C/C=C/CNC(=O)c1ccc(OC)cn1.CC. The third-order valence-electron chi connectivity index (χ3n) is 1.82. The molecule has 1 aromatic heterocycles. The van der Waals surface area contributed by atoms with Gasteiger partial charge in [-0.1, -0.05) is 26.0 Å². The highest BCUT2D eigenvalue weighted by molar-refractivity contribution is 5.92. The third-order valence-corrected chi connectivity index (χ3v) is 1.82. The number of amides is 1. The van der Waals surface area contributed by atoms with Crippen LogP contribution in [0.3, 0.4) is 0 Å². The van der Waals surface area contributed by atoms with E-state index in [1.54, 1.807) is 19.2 Å². The van der Waals surface area contributed by atoms with Crippen LogP contribution in [0.15, 0.2) is 30.5 Å². The zero-order chi connectivity index (χ0) is 13.1. The van der Waals surface area contributed by atoms with Crippen LogP contribution in [0.25, 0.3) is 0 Å². The highest BCUT2D eigenvalue weighted by Gasteiger charge is 2.04. The number of hydrogen-bond donors (Lipinski definition) is 1. The summed E-state index contributed by atoms with van der Waals surface area (Å²) < 4.78 is 4.94. The Morgan fingerprint density at radius 3 is 2.65 bits per heavy atom. The van der Waals surface area contributed by atoms with E-state index in [4.69, 9.17) is 4.74 Å². The molecule has 1 aromatic rings. The fraction of sp³-hybridized carbons (Fsp3) is 0.385. The van der Waals surface area contributed by atoms with Gasteiger partial charge in [0.1, 0.15) is 11.4 Å². The van der Waals surface area contributed by atoms with E-state index in [0.29, 0.717) is 18.0 Å². The van der Waals surface area contributed by atoms with Gasteiger partial charge >= 0.3 is 0 Å². The minimum atomic E-state index is -0.184. The number of allylic oxidation sites excluding steroid dienone is 1. The molecule has 0 fully saturated rings. The van der Waals surface area contributed by atoms with Crippen molar-refractivity contribution in [1.82, 2.24) is 10.3 Å². The number of hydrogen-bond acceptors (Lipinski definition) is 3. The predicted octanol–water partition coefficient (Wildman–Crippen LogP) is 2.42. The lowest BCUT2D eigenvalue weighted by Crippen LogP contribution is -2.24.